The second-order valence-corrected chi connectivity index (χ2v) is 31.8. The summed E-state index contributed by atoms with van der Waals surface area (Å²) in [7, 11) is 1.63. The number of aromatic nitrogens is 24. The van der Waals surface area contributed by atoms with Gasteiger partial charge in [0.2, 0.25) is 17.5 Å². The maximum atomic E-state index is 13.9. The molecule has 0 aliphatic heterocycles. The highest BCUT2D eigenvalue weighted by molar-refractivity contribution is 5.68. The Kier molecular flexibility index (Phi) is 29.7. The molecule has 59 heteroatoms. The van der Waals surface area contributed by atoms with Crippen molar-refractivity contribution in [2.75, 3.05) is 20.8 Å². The molecular weight excluding hydrogens is 2050 g/mol. The van der Waals surface area contributed by atoms with Crippen LogP contribution in [0.4, 0.5) is 127 Å². The van der Waals surface area contributed by atoms with Crippen molar-refractivity contribution in [1.29, 1.82) is 0 Å². The fraction of sp³-hybridized carbons (Fsp3) is 0.258. The molecule has 0 bridgehead atoms. The molecule has 14 aromatic heterocycles. The molecule has 0 amide bonds. The van der Waals surface area contributed by atoms with Gasteiger partial charge >= 0.3 is 61.2 Å². The molecule has 18 aromatic rings. The fourth-order valence-corrected chi connectivity index (χ4v) is 13.7. The number of nitrogens with zero attached hydrogens (tertiary/aromatic N) is 24. The zero-order valence-electron chi connectivity index (χ0n) is 75.8. The molecule has 0 N–H and O–H groups in total. The van der Waals surface area contributed by atoms with Crippen LogP contribution in [0.25, 0.3) is 101 Å². The Morgan fingerprint density at radius 1 is 0.358 bits per heavy atom. The number of rotatable bonds is 19. The van der Waals surface area contributed by atoms with Gasteiger partial charge < -0.3 is 32.8 Å². The molecule has 0 radical (unpaired) electrons. The van der Waals surface area contributed by atoms with Crippen LogP contribution in [0, 0.1) is 32.4 Å². The van der Waals surface area contributed by atoms with Crippen molar-refractivity contribution in [3.63, 3.8) is 0 Å². The predicted octanol–water partition coefficient (Wildman–Crippen LogP) is 22.6. The molecule has 778 valence electrons. The monoisotopic (exact) mass is 2110 g/mol. The van der Waals surface area contributed by atoms with Gasteiger partial charge in [0.1, 0.15) is 29.0 Å². The molecule has 0 spiro atoms. The van der Waals surface area contributed by atoms with Gasteiger partial charge in [-0.05, 0) is 171 Å². The molecule has 1 fully saturated rings. The summed E-state index contributed by atoms with van der Waals surface area (Å²) >= 11 is 0. The number of fused-ring (bicyclic) bond motifs is 6. The number of aryl methyl sites for hydroxylation is 3. The largest absolute Gasteiger partial charge is 0.573 e. The Hall–Kier alpha value is -16.3. The molecule has 19 rings (SSSR count). The number of imidazole rings is 2. The van der Waals surface area contributed by atoms with Crippen molar-refractivity contribution in [2.45, 2.75) is 128 Å². The smallest absolute Gasteiger partial charge is 0.490 e. The minimum Gasteiger partial charge on any atom is -0.490 e. The van der Waals surface area contributed by atoms with Gasteiger partial charge in [-0.1, -0.05) is 6.07 Å². The minimum absolute atomic E-state index is 0.00846. The summed E-state index contributed by atoms with van der Waals surface area (Å²) in [5, 5.41) is 43.9. The van der Waals surface area contributed by atoms with Crippen LogP contribution in [0.2, 0.25) is 0 Å². The Labute approximate surface area is 807 Å². The van der Waals surface area contributed by atoms with E-state index in [1.165, 1.54) is 104 Å². The third kappa shape index (κ3) is 25.6. The van der Waals surface area contributed by atoms with Crippen molar-refractivity contribution in [3.8, 4) is 90.7 Å². The summed E-state index contributed by atoms with van der Waals surface area (Å²) in [4.78, 5) is 22.8. The minimum atomic E-state index is -4.94. The van der Waals surface area contributed by atoms with Crippen LogP contribution in [0.1, 0.15) is 90.7 Å². The second kappa shape index (κ2) is 41.0. The third-order valence-corrected chi connectivity index (χ3v) is 20.6. The highest BCUT2D eigenvalue weighted by Crippen LogP contribution is 2.43. The van der Waals surface area contributed by atoms with Crippen molar-refractivity contribution in [3.05, 3.63) is 264 Å². The van der Waals surface area contributed by atoms with Crippen molar-refractivity contribution in [2.24, 2.45) is 0 Å². The lowest BCUT2D eigenvalue weighted by Crippen LogP contribution is -2.43. The van der Waals surface area contributed by atoms with Gasteiger partial charge in [0.15, 0.2) is 57.8 Å². The van der Waals surface area contributed by atoms with Crippen molar-refractivity contribution in [1.82, 2.24) is 118 Å². The standard InChI is InChI=1S/C18H16F4N4O.C15H11F5N4.C15H10F5N3O2.C14H9F6N5O2.C14H10F3N3O.C13H7F6N5/c1-10-7-11(27-12-8-18(21,22)9-12)3-4-13(10)14-5-6-15-23-24-16(17(2,19)20)26(15)25-14;1-8-7-9(3-4-10(8)15(18,19)20)11-5-6-12-21-22-13(14(2,16)17)24(12)23-11;1-24-14(16,17)12-6-22-13-7-21-11(8-23(12)13)9-2-4-10(5-3-9)25-15(18,19)20;1-26-14(19,20)12-23-22-10-3-2-9(24-25(10)12)7-4-8(15)11(21-5-7)27-6-13(16,17)18;1-9-6-19-13-7-18-12(8-20(9)13)10-2-4-11(5-3-10)21-14(15,16)17;1-12(15,16)11-22-21-9-3-2-8(23-24(9)11)6-4-7(14)10(20-5-6)13(17,18)19/h3-7,12H,8-9H2,1-2H3;3-7H,1-2H3;2-8H,1H3;2-5H,6H2,1H3;2-8H,1H3;2-5H,1H3. The van der Waals surface area contributed by atoms with Crippen LogP contribution in [-0.4, -0.2) is 170 Å². The van der Waals surface area contributed by atoms with E-state index in [0.717, 1.165) is 93.2 Å². The number of ether oxygens (including phenoxy) is 6. The van der Waals surface area contributed by atoms with Crippen LogP contribution in [-0.2, 0) is 51.8 Å². The number of alkyl halides is 27. The number of pyridine rings is 2. The van der Waals surface area contributed by atoms with E-state index >= 15 is 0 Å². The number of hydrogen-bond acceptors (Lipinski definition) is 24. The normalized spacial score (nSPS) is 13.4. The van der Waals surface area contributed by atoms with Crippen molar-refractivity contribution < 1.29 is 156 Å². The molecule has 30 nitrogen and oxygen atoms in total. The Bertz CT molecular complexity index is 7670. The second-order valence-electron chi connectivity index (χ2n) is 31.8. The predicted molar refractivity (Wildman–Crippen MR) is 455 cm³/mol. The molecule has 0 unspecified atom stereocenters. The Morgan fingerprint density at radius 3 is 1.19 bits per heavy atom. The molecule has 1 saturated carbocycles. The lowest BCUT2D eigenvalue weighted by molar-refractivity contribution is -0.275. The Morgan fingerprint density at radius 2 is 0.770 bits per heavy atom. The summed E-state index contributed by atoms with van der Waals surface area (Å²) in [5.74, 6) is -19.0. The topological polar surface area (TPSA) is 314 Å². The van der Waals surface area contributed by atoms with Crippen LogP contribution < -0.4 is 18.9 Å². The first-order valence-electron chi connectivity index (χ1n) is 41.7. The van der Waals surface area contributed by atoms with Gasteiger partial charge in [0, 0.05) is 118 Å². The van der Waals surface area contributed by atoms with E-state index in [0.29, 0.717) is 69.5 Å². The Balaban J connectivity index is 0.000000140. The molecule has 1 aliphatic carbocycles. The van der Waals surface area contributed by atoms with Crippen LogP contribution >= 0.6 is 0 Å². The summed E-state index contributed by atoms with van der Waals surface area (Å²) in [6.45, 7) is 5.33. The zero-order chi connectivity index (χ0) is 108. The number of halogens is 29. The lowest BCUT2D eigenvalue weighted by Gasteiger charge is -2.34. The molecule has 148 heavy (non-hydrogen) atoms. The summed E-state index contributed by atoms with van der Waals surface area (Å²) in [6.07, 6.45) is -21.5. The van der Waals surface area contributed by atoms with E-state index in [4.69, 9.17) is 4.74 Å². The first-order chi connectivity index (χ1) is 69.0. The van der Waals surface area contributed by atoms with Gasteiger partial charge in [-0.15, -0.1) is 67.1 Å². The summed E-state index contributed by atoms with van der Waals surface area (Å²) in [5.41, 5.74) is 3.68. The van der Waals surface area contributed by atoms with E-state index in [1.807, 2.05) is 18.2 Å². The first kappa shape index (κ1) is 107. The summed E-state index contributed by atoms with van der Waals surface area (Å²) in [6, 6.07) is 31.8. The molecule has 1 aliphatic rings. The maximum absolute atomic E-state index is 13.9. The first-order valence-corrected chi connectivity index (χ1v) is 41.7. The van der Waals surface area contributed by atoms with Crippen LogP contribution in [0.3, 0.4) is 0 Å². The van der Waals surface area contributed by atoms with E-state index in [-0.39, 0.29) is 86.3 Å². The van der Waals surface area contributed by atoms with Gasteiger partial charge in [0.05, 0.1) is 58.3 Å². The van der Waals surface area contributed by atoms with Crippen LogP contribution in [0.5, 0.6) is 23.1 Å². The van der Waals surface area contributed by atoms with E-state index in [2.05, 4.69) is 115 Å². The molecule has 0 saturated heterocycles. The molecular formula is C89H63F29N24O6. The SMILES string of the molecule is CC(F)(F)c1nnc2ccc(-c3cnc(C(F)(F)F)c(F)c3)nn12.COC(F)(F)c1cnc2cnc(-c3ccc(OC(F)(F)F)cc3)cn12.COC(F)(F)c1nnc2ccc(-c3cnc(OCC(F)(F)F)c(F)c3)nn12.Cc1cc(-c2ccc3nnc(C(C)(F)F)n3n2)ccc1C(F)(F)F.Cc1cc(OC2CC(F)(F)C2)ccc1-c1ccc2nnc(C(C)(F)F)n2n1.Cc1cnc2cnc(-c3ccc(OC(F)(F)F)cc3)cn12. The highest BCUT2D eigenvalue weighted by Gasteiger charge is 2.48. The molecule has 0 atom stereocenters. The van der Waals surface area contributed by atoms with Gasteiger partial charge in [-0.3, -0.25) is 14.4 Å². The maximum Gasteiger partial charge on any atom is 0.573 e. The van der Waals surface area contributed by atoms with Gasteiger partial charge in [0.25, 0.3) is 17.6 Å². The van der Waals surface area contributed by atoms with Gasteiger partial charge in [-0.25, -0.2) is 37.5 Å². The zero-order valence-corrected chi connectivity index (χ0v) is 75.8. The van der Waals surface area contributed by atoms with Crippen molar-refractivity contribution >= 4 is 33.9 Å². The highest BCUT2D eigenvalue weighted by atomic mass is 19.4. The average molecular weight is 2120 g/mol. The quantitative estimate of drug-likeness (QED) is 0.0679. The van der Waals surface area contributed by atoms with Gasteiger partial charge in [-0.2, -0.15) is 122 Å². The average Bonchev–Trinajstić information content (AvgIpc) is 1.16. The van der Waals surface area contributed by atoms with Crippen LogP contribution in [0.15, 0.2) is 195 Å². The molecule has 14 heterocycles. The summed E-state index contributed by atoms with van der Waals surface area (Å²) < 4.78 is 407. The number of hydrogen-bond donors (Lipinski definition) is 0. The number of methoxy groups -OCH3 is 2. The number of benzene rings is 4. The van der Waals surface area contributed by atoms with E-state index < -0.39 is 143 Å². The van der Waals surface area contributed by atoms with E-state index in [1.54, 1.807) is 48.9 Å². The lowest BCUT2D eigenvalue weighted by atomic mass is 9.91. The fourth-order valence-electron chi connectivity index (χ4n) is 13.7. The van der Waals surface area contributed by atoms with E-state index in [9.17, 15) is 127 Å². The molecule has 4 aromatic carbocycles. The third-order valence-electron chi connectivity index (χ3n) is 20.6.